The van der Waals surface area contributed by atoms with Crippen LogP contribution in [0.5, 0.6) is 0 Å². The summed E-state index contributed by atoms with van der Waals surface area (Å²) in [5.74, 6) is -1.71. The SMILES string of the molecule is CC(C)(CC1=CS(=O)(=O)c2cccc(F)c21)C(=O)O. The number of hydrogen-bond donors (Lipinski definition) is 1. The minimum absolute atomic E-state index is 0.00294. The number of rotatable bonds is 3. The average Bonchev–Trinajstić information content (AvgIpc) is 2.51. The molecule has 0 fully saturated rings. The molecule has 0 bridgehead atoms. The van der Waals surface area contributed by atoms with E-state index in [4.69, 9.17) is 5.11 Å². The summed E-state index contributed by atoms with van der Waals surface area (Å²) in [7, 11) is -3.67. The van der Waals surface area contributed by atoms with Crippen molar-refractivity contribution >= 4 is 21.4 Å². The Bertz CT molecular complexity index is 687. The van der Waals surface area contributed by atoms with Gasteiger partial charge in [0, 0.05) is 11.0 Å². The fourth-order valence-electron chi connectivity index (χ4n) is 2.04. The predicted octanol–water partition coefficient (Wildman–Crippen LogP) is 2.45. The van der Waals surface area contributed by atoms with Crippen LogP contribution in [0.2, 0.25) is 0 Å². The molecule has 1 heterocycles. The van der Waals surface area contributed by atoms with Crippen LogP contribution in [-0.4, -0.2) is 19.5 Å². The molecule has 4 nitrogen and oxygen atoms in total. The van der Waals surface area contributed by atoms with E-state index in [1.54, 1.807) is 0 Å². The number of carbonyl (C=O) groups is 1. The highest BCUT2D eigenvalue weighted by Crippen LogP contribution is 2.41. The first-order valence-corrected chi connectivity index (χ1v) is 7.18. The van der Waals surface area contributed by atoms with Gasteiger partial charge in [0.15, 0.2) is 0 Å². The lowest BCUT2D eigenvalue weighted by molar-refractivity contribution is -0.146. The summed E-state index contributed by atoms with van der Waals surface area (Å²) in [6, 6.07) is 3.82. The molecule has 19 heavy (non-hydrogen) atoms. The summed E-state index contributed by atoms with van der Waals surface area (Å²) in [4.78, 5) is 11.0. The van der Waals surface area contributed by atoms with E-state index in [9.17, 15) is 17.6 Å². The fraction of sp³-hybridized carbons (Fsp3) is 0.308. The molecule has 2 rings (SSSR count). The summed E-state index contributed by atoms with van der Waals surface area (Å²) in [5, 5.41) is 10.0. The van der Waals surface area contributed by atoms with Crippen molar-refractivity contribution in [1.82, 2.24) is 0 Å². The van der Waals surface area contributed by atoms with E-state index in [1.807, 2.05) is 0 Å². The fourth-order valence-corrected chi connectivity index (χ4v) is 3.53. The van der Waals surface area contributed by atoms with Gasteiger partial charge in [-0.05, 0) is 38.0 Å². The molecule has 0 radical (unpaired) electrons. The monoisotopic (exact) mass is 284 g/mol. The standard InChI is InChI=1S/C13H13FO4S/c1-13(2,12(15)16)6-8-7-19(17,18)10-5-3-4-9(14)11(8)10/h3-5,7H,6H2,1-2H3,(H,15,16). The van der Waals surface area contributed by atoms with Crippen molar-refractivity contribution in [1.29, 1.82) is 0 Å². The van der Waals surface area contributed by atoms with Gasteiger partial charge in [0.1, 0.15) is 5.82 Å². The highest BCUT2D eigenvalue weighted by Gasteiger charge is 2.35. The summed E-state index contributed by atoms with van der Waals surface area (Å²) in [6.45, 7) is 2.95. The first-order chi connectivity index (χ1) is 8.65. The Morgan fingerprint density at radius 1 is 1.37 bits per heavy atom. The number of halogens is 1. The Labute approximate surface area is 110 Å². The summed E-state index contributed by atoms with van der Waals surface area (Å²) in [5.41, 5.74) is -0.956. The lowest BCUT2D eigenvalue weighted by atomic mass is 9.84. The summed E-state index contributed by atoms with van der Waals surface area (Å²) in [6.07, 6.45) is -0.0461. The molecule has 0 aliphatic carbocycles. The van der Waals surface area contributed by atoms with Crippen molar-refractivity contribution in [2.24, 2.45) is 5.41 Å². The van der Waals surface area contributed by atoms with Crippen LogP contribution in [0, 0.1) is 11.2 Å². The molecule has 6 heteroatoms. The van der Waals surface area contributed by atoms with Gasteiger partial charge in [0.05, 0.1) is 10.3 Å². The molecule has 1 aromatic rings. The smallest absolute Gasteiger partial charge is 0.309 e. The lowest BCUT2D eigenvalue weighted by Gasteiger charge is -2.19. The number of aliphatic carboxylic acids is 1. The number of fused-ring (bicyclic) bond motifs is 1. The lowest BCUT2D eigenvalue weighted by Crippen LogP contribution is -2.23. The van der Waals surface area contributed by atoms with Crippen molar-refractivity contribution in [3.05, 3.63) is 35.0 Å². The Hall–Kier alpha value is -1.69. The van der Waals surface area contributed by atoms with Gasteiger partial charge in [-0.25, -0.2) is 12.8 Å². The van der Waals surface area contributed by atoms with Crippen LogP contribution in [0.4, 0.5) is 4.39 Å². The maximum Gasteiger partial charge on any atom is 0.309 e. The molecule has 1 aromatic carbocycles. The third kappa shape index (κ3) is 2.28. The molecular formula is C13H13FO4S. The number of allylic oxidation sites excluding steroid dienone is 1. The van der Waals surface area contributed by atoms with E-state index < -0.39 is 27.0 Å². The van der Waals surface area contributed by atoms with Gasteiger partial charge >= 0.3 is 5.97 Å². The predicted molar refractivity (Wildman–Crippen MR) is 67.6 cm³/mol. The van der Waals surface area contributed by atoms with E-state index in [0.29, 0.717) is 0 Å². The molecule has 1 N–H and O–H groups in total. The van der Waals surface area contributed by atoms with Crippen LogP contribution in [0.15, 0.2) is 28.5 Å². The van der Waals surface area contributed by atoms with E-state index in [2.05, 4.69) is 0 Å². The van der Waals surface area contributed by atoms with Crippen molar-refractivity contribution in [3.63, 3.8) is 0 Å². The maximum atomic E-state index is 13.8. The molecule has 0 spiro atoms. The first-order valence-electron chi connectivity index (χ1n) is 5.63. The van der Waals surface area contributed by atoms with E-state index in [1.165, 1.54) is 32.0 Å². The van der Waals surface area contributed by atoms with Crippen molar-refractivity contribution < 1.29 is 22.7 Å². The van der Waals surface area contributed by atoms with Gasteiger partial charge in [0.2, 0.25) is 9.84 Å². The summed E-state index contributed by atoms with van der Waals surface area (Å²) < 4.78 is 37.6. The minimum atomic E-state index is -3.67. The van der Waals surface area contributed by atoms with Crippen LogP contribution in [-0.2, 0) is 14.6 Å². The van der Waals surface area contributed by atoms with Gasteiger partial charge in [-0.1, -0.05) is 6.07 Å². The normalized spacial score (nSPS) is 16.9. The van der Waals surface area contributed by atoms with Crippen LogP contribution in [0.1, 0.15) is 25.8 Å². The van der Waals surface area contributed by atoms with E-state index in [-0.39, 0.29) is 22.5 Å². The van der Waals surface area contributed by atoms with Crippen LogP contribution in [0.3, 0.4) is 0 Å². The quantitative estimate of drug-likeness (QED) is 0.925. The molecule has 0 atom stereocenters. The Morgan fingerprint density at radius 2 is 2.00 bits per heavy atom. The molecule has 0 saturated heterocycles. The highest BCUT2D eigenvalue weighted by atomic mass is 32.2. The maximum absolute atomic E-state index is 13.8. The van der Waals surface area contributed by atoms with Crippen LogP contribution < -0.4 is 0 Å². The zero-order valence-electron chi connectivity index (χ0n) is 10.5. The number of carboxylic acids is 1. The number of benzene rings is 1. The Kier molecular flexibility index (Phi) is 3.01. The van der Waals surface area contributed by atoms with Gasteiger partial charge in [-0.2, -0.15) is 0 Å². The third-order valence-electron chi connectivity index (χ3n) is 3.11. The van der Waals surface area contributed by atoms with Crippen molar-refractivity contribution in [3.8, 4) is 0 Å². The topological polar surface area (TPSA) is 71.4 Å². The molecule has 1 aliphatic rings. The van der Waals surface area contributed by atoms with E-state index >= 15 is 0 Å². The Balaban J connectivity index is 2.55. The number of hydrogen-bond acceptors (Lipinski definition) is 3. The first kappa shape index (κ1) is 13.7. The third-order valence-corrected chi connectivity index (χ3v) is 4.66. The number of carboxylic acid groups (broad SMARTS) is 1. The molecule has 1 aliphatic heterocycles. The van der Waals surface area contributed by atoms with Gasteiger partial charge in [-0.15, -0.1) is 0 Å². The second kappa shape index (κ2) is 4.16. The van der Waals surface area contributed by atoms with Gasteiger partial charge < -0.3 is 5.11 Å². The van der Waals surface area contributed by atoms with Gasteiger partial charge in [0.25, 0.3) is 0 Å². The molecular weight excluding hydrogens is 271 g/mol. The second-order valence-corrected chi connectivity index (χ2v) is 6.93. The Morgan fingerprint density at radius 3 is 2.58 bits per heavy atom. The molecule has 0 aromatic heterocycles. The largest absolute Gasteiger partial charge is 0.481 e. The van der Waals surface area contributed by atoms with Crippen LogP contribution in [0.25, 0.3) is 5.57 Å². The number of sulfone groups is 1. The zero-order chi connectivity index (χ0) is 14.4. The van der Waals surface area contributed by atoms with Crippen LogP contribution >= 0.6 is 0 Å². The molecule has 102 valence electrons. The molecule has 0 amide bonds. The van der Waals surface area contributed by atoms with E-state index in [0.717, 1.165) is 5.41 Å². The van der Waals surface area contributed by atoms with Crippen molar-refractivity contribution in [2.45, 2.75) is 25.2 Å². The van der Waals surface area contributed by atoms with Gasteiger partial charge in [-0.3, -0.25) is 4.79 Å². The zero-order valence-corrected chi connectivity index (χ0v) is 11.3. The molecule has 0 unspecified atom stereocenters. The summed E-state index contributed by atoms with van der Waals surface area (Å²) >= 11 is 0. The van der Waals surface area contributed by atoms with Crippen molar-refractivity contribution in [2.75, 3.05) is 0 Å². The minimum Gasteiger partial charge on any atom is -0.481 e. The highest BCUT2D eigenvalue weighted by molar-refractivity contribution is 7.95. The average molecular weight is 284 g/mol. The second-order valence-electron chi connectivity index (χ2n) is 5.17. The molecule has 0 saturated carbocycles.